The number of ether oxygens (including phenoxy) is 6. The predicted molar refractivity (Wildman–Crippen MR) is 149 cm³/mol. The van der Waals surface area contributed by atoms with E-state index in [2.05, 4.69) is 5.32 Å². The first kappa shape index (κ1) is 37.0. The second-order valence-corrected chi connectivity index (χ2v) is 11.9. The minimum absolute atomic E-state index is 0.114. The van der Waals surface area contributed by atoms with Gasteiger partial charge in [-0.1, -0.05) is 0 Å². The Kier molecular flexibility index (Phi) is 13.2. The smallest absolute Gasteiger partial charge is 0.187 e. The Morgan fingerprint density at radius 3 is 1.58 bits per heavy atom. The molecule has 3 aliphatic heterocycles. The summed E-state index contributed by atoms with van der Waals surface area (Å²) in [4.78, 5) is 0. The highest BCUT2D eigenvalue weighted by Gasteiger charge is 2.54. The van der Waals surface area contributed by atoms with Gasteiger partial charge in [-0.2, -0.15) is 0 Å². The van der Waals surface area contributed by atoms with Crippen LogP contribution in [0.15, 0.2) is 0 Å². The summed E-state index contributed by atoms with van der Waals surface area (Å²) in [5.41, 5.74) is 29.8. The highest BCUT2D eigenvalue weighted by molar-refractivity contribution is 5.03. The van der Waals surface area contributed by atoms with E-state index < -0.39 is 123 Å². The lowest BCUT2D eigenvalue weighted by Crippen LogP contribution is -2.68. The van der Waals surface area contributed by atoms with Crippen molar-refractivity contribution in [3.63, 3.8) is 0 Å². The lowest BCUT2D eigenvalue weighted by atomic mass is 9.83. The van der Waals surface area contributed by atoms with E-state index in [1.54, 1.807) is 0 Å². The number of aliphatic hydroxyl groups is 8. The maximum atomic E-state index is 11.4. The third-order valence-electron chi connectivity index (χ3n) is 8.84. The summed E-state index contributed by atoms with van der Waals surface area (Å²) >= 11 is 0. The van der Waals surface area contributed by atoms with Gasteiger partial charge in [0.1, 0.15) is 67.1 Å². The van der Waals surface area contributed by atoms with E-state index in [4.69, 9.17) is 57.1 Å². The number of hydrogen-bond acceptors (Lipinski definition) is 20. The largest absolute Gasteiger partial charge is 0.395 e. The van der Waals surface area contributed by atoms with Crippen molar-refractivity contribution < 1.29 is 69.3 Å². The third-order valence-corrected chi connectivity index (χ3v) is 8.84. The number of nitrogens with two attached hydrogens (primary N) is 5. The van der Waals surface area contributed by atoms with Gasteiger partial charge in [-0.05, 0) is 6.42 Å². The number of rotatable bonds is 12. The molecule has 0 unspecified atom stereocenters. The Morgan fingerprint density at radius 1 is 0.600 bits per heavy atom. The second kappa shape index (κ2) is 16.1. The minimum Gasteiger partial charge on any atom is -0.395 e. The van der Waals surface area contributed by atoms with E-state index in [9.17, 15) is 40.9 Å². The van der Waals surface area contributed by atoms with Crippen molar-refractivity contribution in [1.82, 2.24) is 5.32 Å². The van der Waals surface area contributed by atoms with Crippen LogP contribution in [-0.4, -0.2) is 190 Å². The van der Waals surface area contributed by atoms with Crippen molar-refractivity contribution in [2.45, 2.75) is 123 Å². The van der Waals surface area contributed by atoms with E-state index in [-0.39, 0.29) is 32.7 Å². The fourth-order valence-electron chi connectivity index (χ4n) is 6.16. The van der Waals surface area contributed by atoms with E-state index in [0.29, 0.717) is 0 Å². The summed E-state index contributed by atoms with van der Waals surface area (Å²) in [6.45, 7) is -1.12. The molecule has 1 saturated carbocycles. The van der Waals surface area contributed by atoms with Gasteiger partial charge in [0.2, 0.25) is 0 Å². The normalized spacial score (nSPS) is 51.0. The maximum absolute atomic E-state index is 11.4. The Hall–Kier alpha value is -0.800. The van der Waals surface area contributed by atoms with Crippen LogP contribution in [0.3, 0.4) is 0 Å². The zero-order valence-corrected chi connectivity index (χ0v) is 24.6. The lowest BCUT2D eigenvalue weighted by Gasteiger charge is -2.48. The molecular weight excluding hydrogens is 608 g/mol. The quantitative estimate of drug-likeness (QED) is 0.0925. The molecule has 3 saturated heterocycles. The van der Waals surface area contributed by atoms with Gasteiger partial charge in [-0.15, -0.1) is 0 Å². The molecule has 19 atom stereocenters. The summed E-state index contributed by atoms with van der Waals surface area (Å²) in [5.74, 6) is 0. The summed E-state index contributed by atoms with van der Waals surface area (Å²) in [6, 6.07) is -4.07. The fraction of sp³-hybridized carbons (Fsp3) is 1.00. The van der Waals surface area contributed by atoms with Gasteiger partial charge in [0.05, 0.1) is 31.4 Å². The van der Waals surface area contributed by atoms with Crippen LogP contribution in [0.5, 0.6) is 0 Å². The van der Waals surface area contributed by atoms with E-state index in [0.717, 1.165) is 0 Å². The van der Waals surface area contributed by atoms with Crippen LogP contribution < -0.4 is 34.0 Å². The van der Waals surface area contributed by atoms with Gasteiger partial charge in [-0.3, -0.25) is 0 Å². The van der Waals surface area contributed by atoms with Crippen molar-refractivity contribution in [3.8, 4) is 0 Å². The van der Waals surface area contributed by atoms with Gasteiger partial charge in [-0.25, -0.2) is 0 Å². The van der Waals surface area contributed by atoms with Gasteiger partial charge in [0.25, 0.3) is 0 Å². The molecule has 0 amide bonds. The van der Waals surface area contributed by atoms with Crippen molar-refractivity contribution in [3.05, 3.63) is 0 Å². The minimum atomic E-state index is -1.63. The monoisotopic (exact) mass is 658 g/mol. The standard InChI is InChI=1S/C25H50N6O14/c26-4-9-15(35)17(37)12(29)23(40-9)43-20-7(28)3-8(31-1-2-32)14(34)22(20)45-25-19(39)21(11(6-33)42-25)44-24-13(30)18(38)16(36)10(5-27)41-24/h7-25,31-39H,1-6,26-30H2/t7-,8+,9+,10-,11+,12+,13+,14-,15+,16-,17-,18+,19+,20+,21+,22+,23+,24+,25-/m0/s1. The van der Waals surface area contributed by atoms with E-state index >= 15 is 0 Å². The van der Waals surface area contributed by atoms with Gasteiger partial charge < -0.3 is 103 Å². The summed E-state index contributed by atoms with van der Waals surface area (Å²) in [5, 5.41) is 86.1. The fourth-order valence-corrected chi connectivity index (χ4v) is 6.16. The molecule has 0 aromatic rings. The molecule has 3 heterocycles. The van der Waals surface area contributed by atoms with Crippen LogP contribution in [-0.2, 0) is 28.4 Å². The number of nitrogens with one attached hydrogen (secondary N) is 1. The first-order valence-electron chi connectivity index (χ1n) is 15.0. The molecule has 0 aromatic carbocycles. The first-order chi connectivity index (χ1) is 21.4. The molecule has 4 fully saturated rings. The molecule has 19 N–H and O–H groups in total. The summed E-state index contributed by atoms with van der Waals surface area (Å²) < 4.78 is 35.0. The SMILES string of the molecule is NC[C@@H]1O[C@H](O[C@H]2[C@@H](O)[C@H](O[C@@H]3[C@@H](O)[C@H](NCCO)C[C@H](N)[C@H]3O[C@H]3O[C@H](CN)[C@@H](O)[C@@H](O)[C@H]3N)O[C@@H]2CO)[C@H](N)[C@@H](O)[C@H]1O. The number of aliphatic hydroxyl groups excluding tert-OH is 8. The molecular formula is C25H50N6O14. The van der Waals surface area contributed by atoms with E-state index in [1.165, 1.54) is 0 Å². The van der Waals surface area contributed by atoms with Crippen LogP contribution in [0.2, 0.25) is 0 Å². The Labute approximate surface area is 259 Å². The van der Waals surface area contributed by atoms with Crippen molar-refractivity contribution in [1.29, 1.82) is 0 Å². The molecule has 0 spiro atoms. The molecule has 1 aliphatic carbocycles. The molecule has 0 bridgehead atoms. The highest BCUT2D eigenvalue weighted by atomic mass is 16.8. The van der Waals surface area contributed by atoms with Gasteiger partial charge in [0.15, 0.2) is 18.9 Å². The Balaban J connectivity index is 1.53. The highest BCUT2D eigenvalue weighted by Crippen LogP contribution is 2.34. The van der Waals surface area contributed by atoms with Crippen LogP contribution in [0.25, 0.3) is 0 Å². The molecule has 20 nitrogen and oxygen atoms in total. The predicted octanol–water partition coefficient (Wildman–Crippen LogP) is -9.27. The van der Waals surface area contributed by atoms with Crippen LogP contribution in [0.1, 0.15) is 6.42 Å². The third kappa shape index (κ3) is 7.76. The average Bonchev–Trinajstić information content (AvgIpc) is 3.33. The first-order valence-corrected chi connectivity index (χ1v) is 15.0. The molecule has 4 rings (SSSR count). The number of hydrogen-bond donors (Lipinski definition) is 14. The zero-order chi connectivity index (χ0) is 33.2. The van der Waals surface area contributed by atoms with Gasteiger partial charge >= 0.3 is 0 Å². The molecule has 20 heteroatoms. The van der Waals surface area contributed by atoms with Crippen molar-refractivity contribution in [2.24, 2.45) is 28.7 Å². The molecule has 4 aliphatic rings. The Morgan fingerprint density at radius 2 is 1.09 bits per heavy atom. The van der Waals surface area contributed by atoms with Gasteiger partial charge in [0, 0.05) is 31.7 Å². The Bertz CT molecular complexity index is 916. The van der Waals surface area contributed by atoms with Crippen LogP contribution in [0.4, 0.5) is 0 Å². The molecule has 45 heavy (non-hydrogen) atoms. The van der Waals surface area contributed by atoms with E-state index in [1.807, 2.05) is 0 Å². The van der Waals surface area contributed by atoms with Crippen molar-refractivity contribution >= 4 is 0 Å². The average molecular weight is 659 g/mol. The summed E-state index contributed by atoms with van der Waals surface area (Å²) in [7, 11) is 0. The zero-order valence-electron chi connectivity index (χ0n) is 24.6. The topological polar surface area (TPSA) is 359 Å². The molecule has 0 aromatic heterocycles. The van der Waals surface area contributed by atoms with Crippen molar-refractivity contribution in [2.75, 3.05) is 32.8 Å². The summed E-state index contributed by atoms with van der Waals surface area (Å²) in [6.07, 6.45) is -19.9. The molecule has 264 valence electrons. The molecule has 0 radical (unpaired) electrons. The maximum Gasteiger partial charge on any atom is 0.187 e. The van der Waals surface area contributed by atoms with Crippen LogP contribution in [0, 0.1) is 0 Å². The second-order valence-electron chi connectivity index (χ2n) is 11.9. The van der Waals surface area contributed by atoms with Crippen LogP contribution >= 0.6 is 0 Å². The lowest BCUT2D eigenvalue weighted by molar-refractivity contribution is -0.307.